The van der Waals surface area contributed by atoms with Crippen LogP contribution in [0.15, 0.2) is 24.3 Å². The molecule has 0 aliphatic heterocycles. The van der Waals surface area contributed by atoms with Crippen molar-refractivity contribution in [3.8, 4) is 0 Å². The summed E-state index contributed by atoms with van der Waals surface area (Å²) >= 11 is 0. The monoisotopic (exact) mass is 466 g/mol. The summed E-state index contributed by atoms with van der Waals surface area (Å²) in [6.07, 6.45) is 26.3. The second-order valence-electron chi connectivity index (χ2n) is 9.43. The normalized spacial score (nSPS) is 14.7. The molecule has 0 radical (unpaired) electrons. The van der Waals surface area contributed by atoms with Gasteiger partial charge in [0.2, 0.25) is 0 Å². The number of esters is 1. The third-order valence-electron chi connectivity index (χ3n) is 6.32. The van der Waals surface area contributed by atoms with Crippen LogP contribution in [-0.4, -0.2) is 35.5 Å². The molecule has 3 unspecified atom stereocenters. The molecule has 0 saturated carbocycles. The van der Waals surface area contributed by atoms with Gasteiger partial charge in [-0.15, -0.1) is 0 Å². The summed E-state index contributed by atoms with van der Waals surface area (Å²) in [4.78, 5) is 12.8. The highest BCUT2D eigenvalue weighted by Gasteiger charge is 2.29. The highest BCUT2D eigenvalue weighted by molar-refractivity contribution is 5.72. The maximum Gasteiger partial charge on any atom is 0.309 e. The van der Waals surface area contributed by atoms with E-state index in [1.807, 2.05) is 0 Å². The summed E-state index contributed by atoms with van der Waals surface area (Å²) < 4.78 is 5.37. The molecular weight excluding hydrogens is 412 g/mol. The van der Waals surface area contributed by atoms with Crippen LogP contribution in [0.2, 0.25) is 0 Å². The lowest BCUT2D eigenvalue weighted by atomic mass is 9.81. The lowest BCUT2D eigenvalue weighted by Crippen LogP contribution is -2.30. The minimum absolute atomic E-state index is 0.0913. The maximum atomic E-state index is 12.8. The fourth-order valence-electron chi connectivity index (χ4n) is 4.19. The largest absolute Gasteiger partial charge is 0.463 e. The van der Waals surface area contributed by atoms with Crippen molar-refractivity contribution in [3.63, 3.8) is 0 Å². The van der Waals surface area contributed by atoms with Gasteiger partial charge in [-0.3, -0.25) is 4.79 Å². The van der Waals surface area contributed by atoms with E-state index in [1.54, 1.807) is 0 Å². The number of rotatable bonds is 23. The van der Waals surface area contributed by atoms with Crippen molar-refractivity contribution in [1.29, 1.82) is 0 Å². The van der Waals surface area contributed by atoms with Crippen LogP contribution in [0.1, 0.15) is 124 Å². The first-order valence-corrected chi connectivity index (χ1v) is 13.9. The van der Waals surface area contributed by atoms with Crippen LogP contribution < -0.4 is 0 Å². The molecule has 0 heterocycles. The van der Waals surface area contributed by atoms with Gasteiger partial charge in [0.05, 0.1) is 12.5 Å². The van der Waals surface area contributed by atoms with E-state index >= 15 is 0 Å². The second kappa shape index (κ2) is 24.0. The van der Waals surface area contributed by atoms with Gasteiger partial charge in [0, 0.05) is 0 Å². The Morgan fingerprint density at radius 1 is 0.758 bits per heavy atom. The first-order chi connectivity index (χ1) is 16.1. The summed E-state index contributed by atoms with van der Waals surface area (Å²) in [5, 5.41) is 18.5. The summed E-state index contributed by atoms with van der Waals surface area (Å²) in [6, 6.07) is 0. The molecule has 3 atom stereocenters. The van der Waals surface area contributed by atoms with Gasteiger partial charge in [-0.25, -0.2) is 0 Å². The number of aliphatic hydroxyl groups is 2. The number of carbonyl (C=O) groups excluding carboxylic acids is 1. The van der Waals surface area contributed by atoms with E-state index in [4.69, 9.17) is 9.84 Å². The van der Waals surface area contributed by atoms with E-state index < -0.39 is 6.10 Å². The van der Waals surface area contributed by atoms with E-state index in [0.717, 1.165) is 64.2 Å². The average molecular weight is 467 g/mol. The predicted octanol–water partition coefficient (Wildman–Crippen LogP) is 7.53. The number of allylic oxidation sites excluding steroid dienone is 4. The fourth-order valence-corrected chi connectivity index (χ4v) is 4.19. The van der Waals surface area contributed by atoms with Gasteiger partial charge in [-0.05, 0) is 57.3 Å². The van der Waals surface area contributed by atoms with Crippen molar-refractivity contribution in [1.82, 2.24) is 0 Å². The van der Waals surface area contributed by atoms with Crippen molar-refractivity contribution in [2.45, 2.75) is 130 Å². The molecule has 0 bridgehead atoms. The molecule has 0 aromatic rings. The number of hydrogen-bond acceptors (Lipinski definition) is 4. The average Bonchev–Trinajstić information content (AvgIpc) is 2.83. The molecule has 4 nitrogen and oxygen atoms in total. The Morgan fingerprint density at radius 2 is 1.33 bits per heavy atom. The first-order valence-electron chi connectivity index (χ1n) is 13.9. The highest BCUT2D eigenvalue weighted by Crippen LogP contribution is 2.30. The van der Waals surface area contributed by atoms with Crippen molar-refractivity contribution in [2.24, 2.45) is 11.8 Å². The fraction of sp³-hybridized carbons (Fsp3) is 0.828. The third kappa shape index (κ3) is 18.9. The zero-order valence-electron chi connectivity index (χ0n) is 22.0. The summed E-state index contributed by atoms with van der Waals surface area (Å²) in [7, 11) is 0. The third-order valence-corrected chi connectivity index (χ3v) is 6.32. The lowest BCUT2D eigenvalue weighted by molar-refractivity contribution is -0.155. The molecule has 0 fully saturated rings. The van der Waals surface area contributed by atoms with Crippen LogP contribution in [0.3, 0.4) is 0 Å². The van der Waals surface area contributed by atoms with Gasteiger partial charge in [0.15, 0.2) is 0 Å². The van der Waals surface area contributed by atoms with E-state index in [-0.39, 0.29) is 25.1 Å². The molecule has 194 valence electrons. The van der Waals surface area contributed by atoms with E-state index in [2.05, 4.69) is 45.1 Å². The maximum absolute atomic E-state index is 12.8. The van der Waals surface area contributed by atoms with Crippen molar-refractivity contribution in [3.05, 3.63) is 24.3 Å². The van der Waals surface area contributed by atoms with Crippen molar-refractivity contribution < 1.29 is 19.7 Å². The number of ether oxygens (including phenoxy) is 1. The zero-order valence-corrected chi connectivity index (χ0v) is 22.0. The Balaban J connectivity index is 4.41. The van der Waals surface area contributed by atoms with Crippen LogP contribution >= 0.6 is 0 Å². The summed E-state index contributed by atoms with van der Waals surface area (Å²) in [5.41, 5.74) is 0. The number of unbranched alkanes of at least 4 members (excludes halogenated alkanes) is 8. The quantitative estimate of drug-likeness (QED) is 0.0927. The van der Waals surface area contributed by atoms with Gasteiger partial charge in [0.1, 0.15) is 12.7 Å². The van der Waals surface area contributed by atoms with Crippen LogP contribution in [0, 0.1) is 11.8 Å². The standard InChI is InChI=1S/C29H54O4/c1-4-7-10-11-12-13-14-15-16-17-18-19-20-22-26(21-8-5-2)28(23-9-6-3)29(32)33-25-27(31)24-30/h12-13,15-16,26-28,30-31H,4-11,14,17-25H2,1-3H3/b13-12-,16-15-. The van der Waals surface area contributed by atoms with Crippen LogP contribution in [0.5, 0.6) is 0 Å². The van der Waals surface area contributed by atoms with E-state index in [9.17, 15) is 9.90 Å². The summed E-state index contributed by atoms with van der Waals surface area (Å²) in [6.45, 7) is 6.09. The van der Waals surface area contributed by atoms with Gasteiger partial charge in [-0.2, -0.15) is 0 Å². The molecule has 0 amide bonds. The Morgan fingerprint density at radius 3 is 1.94 bits per heavy atom. The van der Waals surface area contributed by atoms with E-state index in [0.29, 0.717) is 5.92 Å². The topological polar surface area (TPSA) is 66.8 Å². The van der Waals surface area contributed by atoms with Crippen molar-refractivity contribution >= 4 is 5.97 Å². The van der Waals surface area contributed by atoms with E-state index in [1.165, 1.54) is 38.5 Å². The Hall–Kier alpha value is -1.13. The number of hydrogen-bond donors (Lipinski definition) is 2. The molecule has 0 aliphatic carbocycles. The zero-order chi connectivity index (χ0) is 24.6. The molecule has 0 aromatic heterocycles. The molecule has 0 saturated heterocycles. The minimum atomic E-state index is -0.987. The summed E-state index contributed by atoms with van der Waals surface area (Å²) in [5.74, 6) is 0.0674. The molecule has 0 rings (SSSR count). The molecule has 0 aliphatic rings. The van der Waals surface area contributed by atoms with Crippen LogP contribution in [0.25, 0.3) is 0 Å². The Bertz CT molecular complexity index is 486. The SMILES string of the molecule is CCCCC/C=C\C/C=C\CCCCCC(CCCC)C(CCCC)C(=O)OCC(O)CO. The van der Waals surface area contributed by atoms with Gasteiger partial charge in [-0.1, -0.05) is 96.4 Å². The molecule has 33 heavy (non-hydrogen) atoms. The molecule has 0 spiro atoms. The van der Waals surface area contributed by atoms with Gasteiger partial charge in [0.25, 0.3) is 0 Å². The van der Waals surface area contributed by atoms with Gasteiger partial charge < -0.3 is 14.9 Å². The second-order valence-corrected chi connectivity index (χ2v) is 9.43. The molecule has 4 heteroatoms. The Labute approximate surface area is 204 Å². The number of carbonyl (C=O) groups is 1. The minimum Gasteiger partial charge on any atom is -0.463 e. The van der Waals surface area contributed by atoms with Crippen LogP contribution in [0.4, 0.5) is 0 Å². The first kappa shape index (κ1) is 31.9. The predicted molar refractivity (Wildman–Crippen MR) is 140 cm³/mol. The number of aliphatic hydroxyl groups excluding tert-OH is 2. The van der Waals surface area contributed by atoms with Crippen LogP contribution in [-0.2, 0) is 9.53 Å². The highest BCUT2D eigenvalue weighted by atomic mass is 16.5. The molecule has 2 N–H and O–H groups in total. The molecular formula is C29H54O4. The molecule has 0 aromatic carbocycles. The van der Waals surface area contributed by atoms with Crippen molar-refractivity contribution in [2.75, 3.05) is 13.2 Å². The lowest BCUT2D eigenvalue weighted by Gasteiger charge is -2.26. The smallest absolute Gasteiger partial charge is 0.309 e. The Kier molecular flexibility index (Phi) is 23.2. The van der Waals surface area contributed by atoms with Gasteiger partial charge >= 0.3 is 5.97 Å².